The average molecular weight is 419 g/mol. The monoisotopic (exact) mass is 418 g/mol. The molecular weight excluding hydrogens is 398 g/mol. The number of nitrogens with zero attached hydrogens (tertiary/aromatic N) is 2. The van der Waals surface area contributed by atoms with Crippen molar-refractivity contribution in [2.75, 3.05) is 33.2 Å². The number of amides is 1. The number of piperazine rings is 1. The maximum absolute atomic E-state index is 13.2. The van der Waals surface area contributed by atoms with E-state index in [0.29, 0.717) is 18.7 Å². The van der Waals surface area contributed by atoms with Gasteiger partial charge in [0.05, 0.1) is 33.2 Å². The van der Waals surface area contributed by atoms with Crippen LogP contribution in [0, 0.1) is 0 Å². The van der Waals surface area contributed by atoms with E-state index >= 15 is 0 Å². The normalized spacial score (nSPS) is 16.3. The van der Waals surface area contributed by atoms with E-state index in [9.17, 15) is 14.4 Å². The molecule has 1 fully saturated rings. The van der Waals surface area contributed by atoms with Gasteiger partial charge in [0.2, 0.25) is 0 Å². The molecule has 2 heterocycles. The van der Waals surface area contributed by atoms with Gasteiger partial charge in [-0.3, -0.25) is 19.0 Å². The lowest BCUT2D eigenvalue weighted by Gasteiger charge is -2.32. The van der Waals surface area contributed by atoms with Crippen molar-refractivity contribution in [1.29, 1.82) is 0 Å². The van der Waals surface area contributed by atoms with E-state index in [1.807, 2.05) is 0 Å². The number of pyridine rings is 1. The first-order valence-corrected chi connectivity index (χ1v) is 9.33. The van der Waals surface area contributed by atoms with Crippen LogP contribution in [0.1, 0.15) is 16.4 Å². The molecule has 0 spiro atoms. The first-order valence-electron chi connectivity index (χ1n) is 8.54. The lowest BCUT2D eigenvalue weighted by Crippen LogP contribution is -3.12. The first kappa shape index (κ1) is 18.5. The Bertz CT molecular complexity index is 855. The lowest BCUT2D eigenvalue weighted by atomic mass is 10.0. The molecule has 26 heavy (non-hydrogen) atoms. The van der Waals surface area contributed by atoms with Gasteiger partial charge in [0, 0.05) is 22.3 Å². The second-order valence-corrected chi connectivity index (χ2v) is 7.42. The number of likely N-dealkylation sites (N-methyl/N-ethyl adjacent to an activating group) is 1. The maximum atomic E-state index is 13.2. The molecule has 0 saturated carbocycles. The topological polar surface area (TPSA) is 63.8 Å². The molecule has 3 rings (SSSR count). The molecule has 1 aliphatic rings. The smallest absolute Gasteiger partial charge is 0.254 e. The molecule has 6 nitrogen and oxygen atoms in total. The Morgan fingerprint density at radius 2 is 1.73 bits per heavy atom. The highest BCUT2D eigenvalue weighted by Gasteiger charge is 2.35. The SMILES string of the molecule is C[NH+]1CCN(C(=O)[C@H](C(=O)c2ccc(Br)cc2)n2ccccc2=O)CC1. The number of carbonyl (C=O) groups is 2. The summed E-state index contributed by atoms with van der Waals surface area (Å²) < 4.78 is 2.08. The number of ketones is 1. The van der Waals surface area contributed by atoms with Crippen molar-refractivity contribution >= 4 is 27.6 Å². The highest BCUT2D eigenvalue weighted by Crippen LogP contribution is 2.19. The van der Waals surface area contributed by atoms with Crippen LogP contribution < -0.4 is 10.5 Å². The average Bonchev–Trinajstić information content (AvgIpc) is 2.64. The van der Waals surface area contributed by atoms with Crippen LogP contribution in [0.25, 0.3) is 0 Å². The second kappa shape index (κ2) is 7.97. The fourth-order valence-corrected chi connectivity index (χ4v) is 3.33. The zero-order chi connectivity index (χ0) is 18.7. The van der Waals surface area contributed by atoms with Crippen LogP contribution in [0.15, 0.2) is 57.9 Å². The number of carbonyl (C=O) groups excluding carboxylic acids is 2. The van der Waals surface area contributed by atoms with Crippen molar-refractivity contribution < 1.29 is 14.5 Å². The quantitative estimate of drug-likeness (QED) is 0.576. The number of rotatable bonds is 4. The van der Waals surface area contributed by atoms with Crippen molar-refractivity contribution in [2.45, 2.75) is 6.04 Å². The second-order valence-electron chi connectivity index (χ2n) is 6.50. The Kier molecular flexibility index (Phi) is 5.68. The molecule has 0 bridgehead atoms. The van der Waals surface area contributed by atoms with Crippen LogP contribution >= 0.6 is 15.9 Å². The molecule has 2 aromatic rings. The summed E-state index contributed by atoms with van der Waals surface area (Å²) in [5.74, 6) is -0.694. The molecule has 7 heteroatoms. The number of quaternary nitrogens is 1. The van der Waals surface area contributed by atoms with E-state index in [0.717, 1.165) is 17.6 Å². The van der Waals surface area contributed by atoms with E-state index in [2.05, 4.69) is 23.0 Å². The van der Waals surface area contributed by atoms with Crippen LogP contribution in [0.5, 0.6) is 0 Å². The zero-order valence-electron chi connectivity index (χ0n) is 14.5. The van der Waals surface area contributed by atoms with Crippen LogP contribution in [0.3, 0.4) is 0 Å². The number of halogens is 1. The fourth-order valence-electron chi connectivity index (χ4n) is 3.06. The molecule has 1 amide bonds. The number of benzene rings is 1. The van der Waals surface area contributed by atoms with E-state index in [-0.39, 0.29) is 17.2 Å². The standard InChI is InChI=1S/C19H20BrN3O3/c1-21-10-12-22(13-11-21)19(26)17(23-9-3-2-4-16(23)24)18(25)14-5-7-15(20)8-6-14/h2-9,17H,10-13H2,1H3/p+1/t17-/m0/s1. The Morgan fingerprint density at radius 1 is 1.08 bits per heavy atom. The van der Waals surface area contributed by atoms with Crippen LogP contribution in [0.2, 0.25) is 0 Å². The van der Waals surface area contributed by atoms with Gasteiger partial charge in [0.15, 0.2) is 11.8 Å². The molecule has 1 saturated heterocycles. The predicted octanol–water partition coefficient (Wildman–Crippen LogP) is 0.392. The summed E-state index contributed by atoms with van der Waals surface area (Å²) in [6.45, 7) is 2.82. The van der Waals surface area contributed by atoms with Crippen molar-refractivity contribution in [1.82, 2.24) is 9.47 Å². The van der Waals surface area contributed by atoms with Crippen LogP contribution in [-0.2, 0) is 4.79 Å². The largest absolute Gasteiger partial charge is 0.334 e. The summed E-state index contributed by atoms with van der Waals surface area (Å²) >= 11 is 3.34. The summed E-state index contributed by atoms with van der Waals surface area (Å²) in [5, 5.41) is 0. The number of hydrogen-bond donors (Lipinski definition) is 1. The lowest BCUT2D eigenvalue weighted by molar-refractivity contribution is -0.883. The maximum Gasteiger partial charge on any atom is 0.254 e. The summed E-state index contributed by atoms with van der Waals surface area (Å²) in [6.07, 6.45) is 1.50. The summed E-state index contributed by atoms with van der Waals surface area (Å²) in [5.41, 5.74) is 0.0399. The molecule has 1 N–H and O–H groups in total. The number of aromatic nitrogens is 1. The highest BCUT2D eigenvalue weighted by molar-refractivity contribution is 9.10. The van der Waals surface area contributed by atoms with E-state index in [1.54, 1.807) is 41.3 Å². The fraction of sp³-hybridized carbons (Fsp3) is 0.316. The Balaban J connectivity index is 1.98. The predicted molar refractivity (Wildman–Crippen MR) is 101 cm³/mol. The molecule has 1 aliphatic heterocycles. The first-order chi connectivity index (χ1) is 12.5. The van der Waals surface area contributed by atoms with Gasteiger partial charge in [-0.25, -0.2) is 0 Å². The molecule has 0 aliphatic carbocycles. The third kappa shape index (κ3) is 3.94. The molecule has 1 atom stereocenters. The van der Waals surface area contributed by atoms with Gasteiger partial charge < -0.3 is 9.80 Å². The molecule has 1 aromatic carbocycles. The van der Waals surface area contributed by atoms with Gasteiger partial charge in [-0.15, -0.1) is 0 Å². The minimum Gasteiger partial charge on any atom is -0.334 e. The summed E-state index contributed by atoms with van der Waals surface area (Å²) in [7, 11) is 2.08. The van der Waals surface area contributed by atoms with Gasteiger partial charge in [-0.1, -0.05) is 34.1 Å². The molecule has 0 unspecified atom stereocenters. The van der Waals surface area contributed by atoms with E-state index < -0.39 is 6.04 Å². The summed E-state index contributed by atoms with van der Waals surface area (Å²) in [4.78, 5) is 41.7. The number of Topliss-reactive ketones (excluding diaryl/α,β-unsaturated/α-hetero) is 1. The van der Waals surface area contributed by atoms with Crippen molar-refractivity contribution in [2.24, 2.45) is 0 Å². The minimum absolute atomic E-state index is 0.321. The van der Waals surface area contributed by atoms with Gasteiger partial charge in [0.25, 0.3) is 11.5 Å². The van der Waals surface area contributed by atoms with Crippen LogP contribution in [0.4, 0.5) is 0 Å². The minimum atomic E-state index is -1.18. The molecule has 0 radical (unpaired) electrons. The molecular formula is C19H21BrN3O3+. The van der Waals surface area contributed by atoms with E-state index in [1.165, 1.54) is 21.7 Å². The zero-order valence-corrected chi connectivity index (χ0v) is 16.1. The van der Waals surface area contributed by atoms with Crippen molar-refractivity contribution in [3.05, 3.63) is 69.1 Å². The van der Waals surface area contributed by atoms with Crippen molar-refractivity contribution in [3.63, 3.8) is 0 Å². The van der Waals surface area contributed by atoms with E-state index in [4.69, 9.17) is 0 Å². The Labute approximate surface area is 160 Å². The van der Waals surface area contributed by atoms with Crippen LogP contribution in [-0.4, -0.2) is 54.4 Å². The number of hydrogen-bond acceptors (Lipinski definition) is 3. The summed E-state index contributed by atoms with van der Waals surface area (Å²) in [6, 6.07) is 10.3. The Morgan fingerprint density at radius 3 is 2.35 bits per heavy atom. The van der Waals surface area contributed by atoms with Gasteiger partial charge in [0.1, 0.15) is 0 Å². The molecule has 136 valence electrons. The highest BCUT2D eigenvalue weighted by atomic mass is 79.9. The Hall–Kier alpha value is -2.25. The van der Waals surface area contributed by atoms with Gasteiger partial charge in [-0.2, -0.15) is 0 Å². The third-order valence-electron chi connectivity index (χ3n) is 4.67. The third-order valence-corrected chi connectivity index (χ3v) is 5.20. The van der Waals surface area contributed by atoms with Gasteiger partial charge >= 0.3 is 0 Å². The van der Waals surface area contributed by atoms with Crippen molar-refractivity contribution in [3.8, 4) is 0 Å². The van der Waals surface area contributed by atoms with Gasteiger partial charge in [-0.05, 0) is 18.2 Å². The molecule has 1 aromatic heterocycles. The number of nitrogens with one attached hydrogen (secondary N) is 1.